The van der Waals surface area contributed by atoms with Gasteiger partial charge in [-0.25, -0.2) is 0 Å². The van der Waals surface area contributed by atoms with Gasteiger partial charge in [-0.15, -0.1) is 0 Å². The highest BCUT2D eigenvalue weighted by atomic mass is 19.4. The van der Waals surface area contributed by atoms with E-state index in [1.54, 1.807) is 12.1 Å². The molecule has 8 heteroatoms. The molecule has 1 aromatic carbocycles. The zero-order chi connectivity index (χ0) is 20.5. The molecule has 1 aliphatic heterocycles. The summed E-state index contributed by atoms with van der Waals surface area (Å²) in [6.07, 6.45) is -1.38. The molecule has 1 saturated carbocycles. The molecule has 1 fully saturated rings. The summed E-state index contributed by atoms with van der Waals surface area (Å²) in [5.41, 5.74) is -1.25. The Morgan fingerprint density at radius 2 is 1.82 bits per heavy atom. The molecule has 3 rings (SSSR count). The van der Waals surface area contributed by atoms with Crippen molar-refractivity contribution in [3.63, 3.8) is 0 Å². The summed E-state index contributed by atoms with van der Waals surface area (Å²) in [6.45, 7) is 3.07. The smallest absolute Gasteiger partial charge is 0.438 e. The number of aliphatic hydroxyl groups is 1. The Bertz CT molecular complexity index is 752. The molecule has 0 saturated heterocycles. The van der Waals surface area contributed by atoms with Crippen molar-refractivity contribution in [3.8, 4) is 5.75 Å². The lowest BCUT2D eigenvalue weighted by Gasteiger charge is -2.32. The van der Waals surface area contributed by atoms with Crippen LogP contribution in [-0.2, 0) is 4.79 Å². The number of benzene rings is 1. The van der Waals surface area contributed by atoms with Crippen molar-refractivity contribution >= 4 is 11.6 Å². The van der Waals surface area contributed by atoms with Gasteiger partial charge in [0.25, 0.3) is 11.6 Å². The lowest BCUT2D eigenvalue weighted by molar-refractivity contribution is -0.302. The summed E-state index contributed by atoms with van der Waals surface area (Å²) in [5.74, 6) is -0.761. The lowest BCUT2D eigenvalue weighted by Crippen LogP contribution is -2.57. The molecule has 1 atom stereocenters. The molecule has 154 valence electrons. The number of carbonyl (C=O) groups excluding carboxylic acids is 1. The van der Waals surface area contributed by atoms with Gasteiger partial charge in [-0.05, 0) is 55.9 Å². The highest BCUT2D eigenvalue weighted by molar-refractivity contribution is 5.92. The molecule has 28 heavy (non-hydrogen) atoms. The van der Waals surface area contributed by atoms with Crippen LogP contribution >= 0.6 is 0 Å². The molecule has 0 radical (unpaired) electrons. The Morgan fingerprint density at radius 3 is 2.39 bits per heavy atom. The number of hydrazone groups is 1. The minimum atomic E-state index is -5.01. The number of alkyl halides is 3. The van der Waals surface area contributed by atoms with Crippen molar-refractivity contribution in [2.45, 2.75) is 64.3 Å². The molecule has 0 spiro atoms. The molecular weight excluding hydrogens is 373 g/mol. The molecule has 1 unspecified atom stereocenters. The van der Waals surface area contributed by atoms with Crippen LogP contribution in [0.25, 0.3) is 0 Å². The number of nitrogens with zero attached hydrogens (tertiary/aromatic N) is 2. The van der Waals surface area contributed by atoms with Crippen molar-refractivity contribution < 1.29 is 27.8 Å². The van der Waals surface area contributed by atoms with Gasteiger partial charge in [0.1, 0.15) is 5.75 Å². The third-order valence-electron chi connectivity index (χ3n) is 5.33. The normalized spacial score (nSPS) is 23.6. The third-order valence-corrected chi connectivity index (χ3v) is 5.33. The van der Waals surface area contributed by atoms with Crippen molar-refractivity contribution in [1.29, 1.82) is 0 Å². The zero-order valence-corrected chi connectivity index (χ0v) is 16.1. The monoisotopic (exact) mass is 398 g/mol. The average Bonchev–Trinajstić information content (AvgIpc) is 2.99. The van der Waals surface area contributed by atoms with Crippen LogP contribution in [0.5, 0.6) is 5.75 Å². The number of rotatable bonds is 4. The number of ether oxygens (including phenoxy) is 1. The summed E-state index contributed by atoms with van der Waals surface area (Å²) in [5, 5.41) is 14.5. The van der Waals surface area contributed by atoms with Gasteiger partial charge in [-0.3, -0.25) is 4.79 Å². The van der Waals surface area contributed by atoms with Crippen LogP contribution in [-0.4, -0.2) is 40.2 Å². The number of carbonyl (C=O) groups is 1. The highest BCUT2D eigenvalue weighted by Gasteiger charge is 2.63. The van der Waals surface area contributed by atoms with Crippen LogP contribution in [0.2, 0.25) is 0 Å². The molecule has 0 aromatic heterocycles. The van der Waals surface area contributed by atoms with Gasteiger partial charge in [0, 0.05) is 12.1 Å². The quantitative estimate of drug-likeness (QED) is 0.831. The Morgan fingerprint density at radius 1 is 1.21 bits per heavy atom. The number of halogens is 3. The van der Waals surface area contributed by atoms with Crippen molar-refractivity contribution in [2.24, 2.45) is 11.0 Å². The molecule has 5 nitrogen and oxygen atoms in total. The van der Waals surface area contributed by atoms with E-state index in [0.717, 1.165) is 43.2 Å². The topological polar surface area (TPSA) is 62.1 Å². The second-order valence-electron chi connectivity index (χ2n) is 7.74. The highest BCUT2D eigenvalue weighted by Crippen LogP contribution is 2.43. The van der Waals surface area contributed by atoms with Crippen LogP contribution in [0, 0.1) is 19.8 Å². The number of hydrogen-bond acceptors (Lipinski definition) is 4. The fourth-order valence-electron chi connectivity index (χ4n) is 3.94. The predicted octanol–water partition coefficient (Wildman–Crippen LogP) is 4.10. The van der Waals surface area contributed by atoms with Gasteiger partial charge in [-0.1, -0.05) is 25.3 Å². The first-order chi connectivity index (χ1) is 13.1. The predicted molar refractivity (Wildman–Crippen MR) is 97.9 cm³/mol. The second-order valence-corrected chi connectivity index (χ2v) is 7.74. The van der Waals surface area contributed by atoms with E-state index in [2.05, 4.69) is 5.10 Å². The second kappa shape index (κ2) is 7.73. The Balaban J connectivity index is 1.78. The summed E-state index contributed by atoms with van der Waals surface area (Å²) < 4.78 is 46.2. The molecule has 2 aliphatic rings. The van der Waals surface area contributed by atoms with Gasteiger partial charge >= 0.3 is 6.18 Å². The number of aryl methyl sites for hydroxylation is 2. The molecule has 1 heterocycles. The average molecular weight is 398 g/mol. The minimum absolute atomic E-state index is 0.124. The standard InChI is InChI=1S/C20H25F3N2O3/c1-13-8-14(2)10-16(9-13)28-12-18(26)25-19(27,20(21,22)23)11-17(24-25)15-6-4-3-5-7-15/h8-10,15,27H,3-7,11-12H2,1-2H3. The van der Waals surface area contributed by atoms with E-state index in [9.17, 15) is 23.1 Å². The first-order valence-corrected chi connectivity index (χ1v) is 9.51. The molecule has 0 bridgehead atoms. The van der Waals surface area contributed by atoms with Gasteiger partial charge in [-0.2, -0.15) is 23.3 Å². The van der Waals surface area contributed by atoms with Gasteiger partial charge in [0.05, 0.1) is 0 Å². The first kappa shape index (κ1) is 20.6. The summed E-state index contributed by atoms with van der Waals surface area (Å²) >= 11 is 0. The number of hydrogen-bond donors (Lipinski definition) is 1. The fraction of sp³-hybridized carbons (Fsp3) is 0.600. The van der Waals surface area contributed by atoms with Crippen LogP contribution in [0.3, 0.4) is 0 Å². The van der Waals surface area contributed by atoms with Crippen LogP contribution in [0.15, 0.2) is 23.3 Å². The zero-order valence-electron chi connectivity index (χ0n) is 16.1. The Hall–Kier alpha value is -2.09. The summed E-state index contributed by atoms with van der Waals surface area (Å²) in [4.78, 5) is 12.5. The summed E-state index contributed by atoms with van der Waals surface area (Å²) in [7, 11) is 0. The van der Waals surface area contributed by atoms with Crippen molar-refractivity contribution in [1.82, 2.24) is 5.01 Å². The van der Waals surface area contributed by atoms with E-state index >= 15 is 0 Å². The van der Waals surface area contributed by atoms with Crippen molar-refractivity contribution in [3.05, 3.63) is 29.3 Å². The van der Waals surface area contributed by atoms with E-state index in [-0.39, 0.29) is 16.6 Å². The molecule has 1 N–H and O–H groups in total. The molecule has 1 aliphatic carbocycles. The van der Waals surface area contributed by atoms with Gasteiger partial charge in [0.2, 0.25) is 0 Å². The third kappa shape index (κ3) is 4.16. The largest absolute Gasteiger partial charge is 0.484 e. The molecule has 1 amide bonds. The Labute approximate surface area is 162 Å². The SMILES string of the molecule is Cc1cc(C)cc(OCC(=O)N2N=C(C3CCCCC3)CC2(O)C(F)(F)F)c1. The van der Waals surface area contributed by atoms with E-state index in [4.69, 9.17) is 4.74 Å². The minimum Gasteiger partial charge on any atom is -0.484 e. The van der Waals surface area contributed by atoms with Crippen LogP contribution in [0.4, 0.5) is 13.2 Å². The van der Waals surface area contributed by atoms with Gasteiger partial charge in [0.15, 0.2) is 6.61 Å². The maximum Gasteiger partial charge on any atom is 0.438 e. The molecule has 1 aromatic rings. The van der Waals surface area contributed by atoms with Crippen LogP contribution < -0.4 is 4.74 Å². The van der Waals surface area contributed by atoms with Gasteiger partial charge < -0.3 is 9.84 Å². The van der Waals surface area contributed by atoms with Crippen molar-refractivity contribution in [2.75, 3.05) is 6.61 Å². The maximum atomic E-state index is 13.6. The maximum absolute atomic E-state index is 13.6. The van der Waals surface area contributed by atoms with E-state index in [1.165, 1.54) is 0 Å². The number of amides is 1. The Kier molecular flexibility index (Phi) is 5.70. The van der Waals surface area contributed by atoms with E-state index in [1.807, 2.05) is 19.9 Å². The van der Waals surface area contributed by atoms with E-state index < -0.39 is 30.8 Å². The summed E-state index contributed by atoms with van der Waals surface area (Å²) in [6, 6.07) is 5.30. The first-order valence-electron chi connectivity index (χ1n) is 9.51. The fourth-order valence-corrected chi connectivity index (χ4v) is 3.94. The van der Waals surface area contributed by atoms with Crippen LogP contribution in [0.1, 0.15) is 49.7 Å². The van der Waals surface area contributed by atoms with E-state index in [0.29, 0.717) is 5.75 Å². The molecular formula is C20H25F3N2O3. The lowest BCUT2D eigenvalue weighted by atomic mass is 9.83.